The van der Waals surface area contributed by atoms with Crippen molar-refractivity contribution < 1.29 is 49.3 Å². The molecule has 7 atom stereocenters. The van der Waals surface area contributed by atoms with Crippen molar-refractivity contribution in [3.63, 3.8) is 0 Å². The van der Waals surface area contributed by atoms with Crippen molar-refractivity contribution in [2.24, 2.45) is 0 Å². The molecule has 394 valence electrons. The Labute approximate surface area is 410 Å². The van der Waals surface area contributed by atoms with Gasteiger partial charge in [-0.05, 0) is 57.8 Å². The molecule has 1 aliphatic heterocycles. The van der Waals surface area contributed by atoms with E-state index in [9.17, 15) is 35.1 Å². The second kappa shape index (κ2) is 46.5. The van der Waals surface area contributed by atoms with Gasteiger partial charge in [-0.15, -0.1) is 0 Å². The van der Waals surface area contributed by atoms with Gasteiger partial charge in [0.15, 0.2) is 6.29 Å². The molecule has 11 heteroatoms. The first kappa shape index (κ1) is 63.2. The number of aliphatic hydroxyl groups is 5. The van der Waals surface area contributed by atoms with Crippen molar-refractivity contribution >= 4 is 11.9 Å². The number of amides is 1. The standard InChI is InChI=1S/C56H105NO10/c1-3-5-7-9-11-13-14-24-28-32-36-40-44-52(61)65-45-41-37-33-29-25-22-20-18-16-15-17-19-21-23-27-31-35-39-43-51(60)57-48(49(59)42-38-34-30-26-12-10-8-6-4-2)47-66-56-55(64)54(63)53(62)50(46-58)67-56/h17,19,38,42,48-50,53-56,58-59,62-64H,3-16,18,20-37,39-41,43-47H2,1-2H3,(H,57,60)/b19-17-,42-38+. The number of ether oxygens (including phenoxy) is 3. The minimum atomic E-state index is -1.57. The molecule has 0 aromatic heterocycles. The lowest BCUT2D eigenvalue weighted by Crippen LogP contribution is -2.60. The van der Waals surface area contributed by atoms with Crippen molar-refractivity contribution in [2.45, 2.75) is 301 Å². The van der Waals surface area contributed by atoms with E-state index < -0.39 is 49.5 Å². The Morgan fingerprint density at radius 3 is 1.43 bits per heavy atom. The van der Waals surface area contributed by atoms with E-state index in [1.807, 2.05) is 6.08 Å². The van der Waals surface area contributed by atoms with Crippen LogP contribution in [0, 0.1) is 0 Å². The van der Waals surface area contributed by atoms with Crippen molar-refractivity contribution in [1.29, 1.82) is 0 Å². The van der Waals surface area contributed by atoms with E-state index in [1.165, 1.54) is 141 Å². The van der Waals surface area contributed by atoms with Crippen molar-refractivity contribution in [3.8, 4) is 0 Å². The Morgan fingerprint density at radius 2 is 0.955 bits per heavy atom. The zero-order valence-corrected chi connectivity index (χ0v) is 43.1. The molecule has 67 heavy (non-hydrogen) atoms. The second-order valence-electron chi connectivity index (χ2n) is 19.6. The van der Waals surface area contributed by atoms with Gasteiger partial charge in [0.25, 0.3) is 0 Å². The lowest BCUT2D eigenvalue weighted by Gasteiger charge is -2.40. The minimum Gasteiger partial charge on any atom is -0.466 e. The summed E-state index contributed by atoms with van der Waals surface area (Å²) in [6.07, 6.45) is 44.2. The number of hydrogen-bond donors (Lipinski definition) is 6. The summed E-state index contributed by atoms with van der Waals surface area (Å²) in [7, 11) is 0. The minimum absolute atomic E-state index is 0.0125. The highest BCUT2D eigenvalue weighted by atomic mass is 16.7. The predicted molar refractivity (Wildman–Crippen MR) is 274 cm³/mol. The van der Waals surface area contributed by atoms with Crippen LogP contribution in [0.15, 0.2) is 24.3 Å². The second-order valence-corrected chi connectivity index (χ2v) is 19.6. The third-order valence-electron chi connectivity index (χ3n) is 13.3. The van der Waals surface area contributed by atoms with Crippen LogP contribution in [0.5, 0.6) is 0 Å². The van der Waals surface area contributed by atoms with Crippen LogP contribution in [0.4, 0.5) is 0 Å². The molecule has 1 aliphatic rings. The highest BCUT2D eigenvalue weighted by molar-refractivity contribution is 5.76. The fourth-order valence-electron chi connectivity index (χ4n) is 8.78. The normalized spacial score (nSPS) is 19.7. The predicted octanol–water partition coefficient (Wildman–Crippen LogP) is 12.2. The van der Waals surface area contributed by atoms with Crippen LogP contribution >= 0.6 is 0 Å². The van der Waals surface area contributed by atoms with Crippen LogP contribution in [-0.4, -0.2) is 100 Å². The molecule has 0 spiro atoms. The zero-order valence-electron chi connectivity index (χ0n) is 43.1. The van der Waals surface area contributed by atoms with E-state index in [0.717, 1.165) is 89.9 Å². The first-order valence-electron chi connectivity index (χ1n) is 28.1. The summed E-state index contributed by atoms with van der Waals surface area (Å²) < 4.78 is 16.6. The van der Waals surface area contributed by atoms with Gasteiger partial charge < -0.3 is 45.1 Å². The molecule has 0 aromatic rings. The van der Waals surface area contributed by atoms with E-state index in [1.54, 1.807) is 6.08 Å². The first-order chi connectivity index (χ1) is 32.7. The smallest absolute Gasteiger partial charge is 0.305 e. The fraction of sp³-hybridized carbons (Fsp3) is 0.893. The van der Waals surface area contributed by atoms with Gasteiger partial charge >= 0.3 is 5.97 Å². The molecule has 0 bridgehead atoms. The van der Waals surface area contributed by atoms with E-state index in [-0.39, 0.29) is 18.5 Å². The summed E-state index contributed by atoms with van der Waals surface area (Å²) in [5, 5.41) is 54.1. The molecule has 1 amide bonds. The first-order valence-corrected chi connectivity index (χ1v) is 28.1. The van der Waals surface area contributed by atoms with Gasteiger partial charge in [0.1, 0.15) is 24.4 Å². The summed E-state index contributed by atoms with van der Waals surface area (Å²) in [6.45, 7) is 4.29. The Bertz CT molecular complexity index is 1170. The van der Waals surface area contributed by atoms with E-state index in [4.69, 9.17) is 14.2 Å². The van der Waals surface area contributed by atoms with Crippen molar-refractivity contribution in [2.75, 3.05) is 19.8 Å². The molecular formula is C56H105NO10. The quantitative estimate of drug-likeness (QED) is 0.0196. The van der Waals surface area contributed by atoms with E-state index in [2.05, 4.69) is 31.3 Å². The van der Waals surface area contributed by atoms with Crippen LogP contribution < -0.4 is 5.32 Å². The molecule has 1 fully saturated rings. The number of nitrogens with one attached hydrogen (secondary N) is 1. The molecule has 0 radical (unpaired) electrons. The van der Waals surface area contributed by atoms with E-state index in [0.29, 0.717) is 19.4 Å². The number of hydrogen-bond acceptors (Lipinski definition) is 10. The third-order valence-corrected chi connectivity index (χ3v) is 13.3. The number of esters is 1. The summed E-state index contributed by atoms with van der Waals surface area (Å²) in [6, 6.07) is -0.818. The lowest BCUT2D eigenvalue weighted by molar-refractivity contribution is -0.302. The molecule has 0 saturated carbocycles. The van der Waals surface area contributed by atoms with Gasteiger partial charge in [-0.25, -0.2) is 0 Å². The zero-order chi connectivity index (χ0) is 48.8. The maximum absolute atomic E-state index is 13.0. The average molecular weight is 952 g/mol. The largest absolute Gasteiger partial charge is 0.466 e. The number of rotatable bonds is 48. The Kier molecular flexibility index (Phi) is 43.8. The van der Waals surface area contributed by atoms with Crippen LogP contribution in [0.1, 0.15) is 258 Å². The van der Waals surface area contributed by atoms with E-state index >= 15 is 0 Å². The SMILES string of the molecule is CCCCCCCCC/C=C/C(O)C(COC1OC(CO)C(O)C(O)C1O)NC(=O)CCCCCCC/C=C\CCCCCCCCCCCOC(=O)CCCCCCCCCCCCCC. The van der Waals surface area contributed by atoms with Gasteiger partial charge in [-0.1, -0.05) is 212 Å². The average Bonchev–Trinajstić information content (AvgIpc) is 3.32. The van der Waals surface area contributed by atoms with Gasteiger partial charge in [0.05, 0.1) is 32.0 Å². The highest BCUT2D eigenvalue weighted by Gasteiger charge is 2.44. The number of allylic oxidation sites excluding steroid dienone is 3. The number of aliphatic hydroxyl groups excluding tert-OH is 5. The summed E-state index contributed by atoms with van der Waals surface area (Å²) >= 11 is 0. The Morgan fingerprint density at radius 1 is 0.537 bits per heavy atom. The molecule has 0 aliphatic carbocycles. The van der Waals surface area contributed by atoms with Crippen LogP contribution in [-0.2, 0) is 23.8 Å². The monoisotopic (exact) mass is 952 g/mol. The van der Waals surface area contributed by atoms with Gasteiger partial charge in [-0.3, -0.25) is 9.59 Å². The van der Waals surface area contributed by atoms with Gasteiger partial charge in [0.2, 0.25) is 5.91 Å². The topological polar surface area (TPSA) is 175 Å². The number of unbranched alkanes of at least 4 members (excludes halogenated alkanes) is 32. The summed E-state index contributed by atoms with van der Waals surface area (Å²) in [5.74, 6) is -0.211. The molecule has 1 saturated heterocycles. The van der Waals surface area contributed by atoms with Gasteiger partial charge in [-0.2, -0.15) is 0 Å². The van der Waals surface area contributed by atoms with Gasteiger partial charge in [0, 0.05) is 12.8 Å². The lowest BCUT2D eigenvalue weighted by atomic mass is 9.99. The molecule has 6 N–H and O–H groups in total. The summed E-state index contributed by atoms with van der Waals surface area (Å²) in [5.41, 5.74) is 0. The Hall–Kier alpha value is -1.86. The summed E-state index contributed by atoms with van der Waals surface area (Å²) in [4.78, 5) is 25.0. The molecule has 7 unspecified atom stereocenters. The number of carbonyl (C=O) groups is 2. The maximum Gasteiger partial charge on any atom is 0.305 e. The maximum atomic E-state index is 13.0. The van der Waals surface area contributed by atoms with Crippen LogP contribution in [0.2, 0.25) is 0 Å². The van der Waals surface area contributed by atoms with Crippen LogP contribution in [0.25, 0.3) is 0 Å². The Balaban J connectivity index is 2.08. The van der Waals surface area contributed by atoms with Crippen molar-refractivity contribution in [1.82, 2.24) is 5.32 Å². The molecule has 0 aromatic carbocycles. The highest BCUT2D eigenvalue weighted by Crippen LogP contribution is 2.23. The molecule has 1 rings (SSSR count). The number of carbonyl (C=O) groups excluding carboxylic acids is 2. The van der Waals surface area contributed by atoms with Crippen LogP contribution in [0.3, 0.4) is 0 Å². The molecule has 1 heterocycles. The van der Waals surface area contributed by atoms with Crippen molar-refractivity contribution in [3.05, 3.63) is 24.3 Å². The molecular weight excluding hydrogens is 847 g/mol. The molecule has 11 nitrogen and oxygen atoms in total. The third kappa shape index (κ3) is 36.7. The fourth-order valence-corrected chi connectivity index (χ4v) is 8.78.